The van der Waals surface area contributed by atoms with E-state index in [-0.39, 0.29) is 12.1 Å². The topological polar surface area (TPSA) is 102 Å². The van der Waals surface area contributed by atoms with Crippen LogP contribution in [0.5, 0.6) is 5.75 Å². The van der Waals surface area contributed by atoms with Crippen molar-refractivity contribution in [3.05, 3.63) is 59.4 Å². The highest BCUT2D eigenvalue weighted by Gasteiger charge is 2.30. The molecule has 0 saturated carbocycles. The van der Waals surface area contributed by atoms with Crippen molar-refractivity contribution in [1.82, 2.24) is 9.62 Å². The van der Waals surface area contributed by atoms with Gasteiger partial charge in [-0.3, -0.25) is 4.79 Å². The van der Waals surface area contributed by atoms with Crippen molar-refractivity contribution in [2.45, 2.75) is 43.7 Å². The Kier molecular flexibility index (Phi) is 8.04. The van der Waals surface area contributed by atoms with Gasteiger partial charge in [-0.1, -0.05) is 18.6 Å². The van der Waals surface area contributed by atoms with E-state index in [1.54, 1.807) is 31.4 Å². The number of carbonyl (C=O) groups excluding carboxylic acids is 2. The number of methoxy groups -OCH3 is 1. The fraction of sp³-hybridized carbons (Fsp3) is 0.391. The lowest BCUT2D eigenvalue weighted by Gasteiger charge is -2.26. The third kappa shape index (κ3) is 6.08. The van der Waals surface area contributed by atoms with Gasteiger partial charge in [0.25, 0.3) is 5.91 Å². The molecule has 1 heterocycles. The Labute approximate surface area is 192 Å². The summed E-state index contributed by atoms with van der Waals surface area (Å²) in [5, 5.41) is 2.66. The van der Waals surface area contributed by atoms with Crippen LogP contribution in [0.1, 0.15) is 42.1 Å². The van der Waals surface area contributed by atoms with Crippen LogP contribution in [-0.4, -0.2) is 50.9 Å². The second-order valence-corrected chi connectivity index (χ2v) is 9.63. The highest BCUT2D eigenvalue weighted by atomic mass is 32.2. The first-order valence-electron chi connectivity index (χ1n) is 10.6. The van der Waals surface area contributed by atoms with Crippen LogP contribution in [-0.2, 0) is 26.1 Å². The van der Waals surface area contributed by atoms with Gasteiger partial charge in [0.05, 0.1) is 12.7 Å². The first kappa shape index (κ1) is 24.7. The van der Waals surface area contributed by atoms with E-state index < -0.39 is 38.7 Å². The zero-order valence-corrected chi connectivity index (χ0v) is 19.4. The molecule has 33 heavy (non-hydrogen) atoms. The van der Waals surface area contributed by atoms with Gasteiger partial charge >= 0.3 is 5.97 Å². The summed E-state index contributed by atoms with van der Waals surface area (Å²) in [5.41, 5.74) is 0.676. The second kappa shape index (κ2) is 10.8. The Bertz CT molecular complexity index is 1100. The molecular weight excluding hydrogens is 451 g/mol. The molecule has 1 N–H and O–H groups in total. The maximum absolute atomic E-state index is 14.4. The van der Waals surface area contributed by atoms with Crippen LogP contribution in [0.15, 0.2) is 47.4 Å². The number of ether oxygens (including phenoxy) is 2. The summed E-state index contributed by atoms with van der Waals surface area (Å²) in [4.78, 5) is 24.3. The number of amides is 1. The Morgan fingerprint density at radius 2 is 1.76 bits per heavy atom. The first-order valence-corrected chi connectivity index (χ1v) is 12.1. The molecule has 1 aliphatic heterocycles. The van der Waals surface area contributed by atoms with Gasteiger partial charge in [0, 0.05) is 19.6 Å². The van der Waals surface area contributed by atoms with Gasteiger partial charge in [-0.25, -0.2) is 17.6 Å². The lowest BCUT2D eigenvalue weighted by atomic mass is 10.2. The molecule has 0 spiro atoms. The van der Waals surface area contributed by atoms with Crippen LogP contribution >= 0.6 is 0 Å². The van der Waals surface area contributed by atoms with E-state index in [1.807, 2.05) is 0 Å². The third-order valence-corrected chi connectivity index (χ3v) is 7.29. The summed E-state index contributed by atoms with van der Waals surface area (Å²) >= 11 is 0. The predicted molar refractivity (Wildman–Crippen MR) is 119 cm³/mol. The number of benzene rings is 2. The molecule has 3 rings (SSSR count). The van der Waals surface area contributed by atoms with Crippen molar-refractivity contribution in [2.24, 2.45) is 0 Å². The molecule has 1 fully saturated rings. The molecule has 2 aromatic rings. The van der Waals surface area contributed by atoms with Gasteiger partial charge in [-0.2, -0.15) is 4.31 Å². The van der Waals surface area contributed by atoms with Crippen molar-refractivity contribution >= 4 is 21.9 Å². The molecule has 1 saturated heterocycles. The molecule has 178 valence electrons. The number of nitrogens with one attached hydrogen (secondary N) is 1. The summed E-state index contributed by atoms with van der Waals surface area (Å²) in [7, 11) is -2.52. The SMILES string of the molecule is COc1ccc(CNC(=O)[C@H](C)OC(=O)c2ccc(F)c(S(=O)(=O)N3CCCCC3)c2)cc1. The highest BCUT2D eigenvalue weighted by molar-refractivity contribution is 7.89. The second-order valence-electron chi connectivity index (χ2n) is 7.72. The highest BCUT2D eigenvalue weighted by Crippen LogP contribution is 2.24. The summed E-state index contributed by atoms with van der Waals surface area (Å²) in [5.74, 6) is -1.70. The third-order valence-electron chi connectivity index (χ3n) is 5.38. The Morgan fingerprint density at radius 3 is 2.39 bits per heavy atom. The smallest absolute Gasteiger partial charge is 0.338 e. The van der Waals surface area contributed by atoms with Crippen LogP contribution in [0.25, 0.3) is 0 Å². The number of carbonyl (C=O) groups is 2. The van der Waals surface area contributed by atoms with E-state index in [2.05, 4.69) is 5.32 Å². The van der Waals surface area contributed by atoms with Gasteiger partial charge in [-0.15, -0.1) is 0 Å². The zero-order chi connectivity index (χ0) is 24.0. The molecule has 0 aliphatic carbocycles. The van der Waals surface area contributed by atoms with Crippen LogP contribution < -0.4 is 10.1 Å². The van der Waals surface area contributed by atoms with Crippen LogP contribution in [0.4, 0.5) is 4.39 Å². The first-order chi connectivity index (χ1) is 15.7. The van der Waals surface area contributed by atoms with Crippen molar-refractivity contribution in [3.8, 4) is 5.75 Å². The van der Waals surface area contributed by atoms with Gasteiger partial charge in [-0.05, 0) is 55.7 Å². The van der Waals surface area contributed by atoms with Crippen molar-refractivity contribution in [3.63, 3.8) is 0 Å². The van der Waals surface area contributed by atoms with Gasteiger partial charge in [0.1, 0.15) is 16.5 Å². The summed E-state index contributed by atoms with van der Waals surface area (Å²) in [6, 6.07) is 10.1. The average molecular weight is 479 g/mol. The number of rotatable bonds is 8. The molecule has 0 bridgehead atoms. The number of nitrogens with zero attached hydrogens (tertiary/aromatic N) is 1. The Balaban J connectivity index is 1.64. The molecule has 0 radical (unpaired) electrons. The van der Waals surface area contributed by atoms with E-state index in [0.717, 1.165) is 30.2 Å². The summed E-state index contributed by atoms with van der Waals surface area (Å²) in [6.07, 6.45) is 1.18. The number of hydrogen-bond donors (Lipinski definition) is 1. The number of piperidine rings is 1. The average Bonchev–Trinajstić information content (AvgIpc) is 2.83. The maximum Gasteiger partial charge on any atom is 0.338 e. The lowest BCUT2D eigenvalue weighted by Crippen LogP contribution is -2.36. The standard InChI is InChI=1S/C23H27FN2O6S/c1-16(22(27)25-15-17-6-9-19(31-2)10-7-17)32-23(28)18-8-11-20(24)21(14-18)33(29,30)26-12-4-3-5-13-26/h6-11,14,16H,3-5,12-13,15H2,1-2H3,(H,25,27)/t16-/m0/s1. The fourth-order valence-corrected chi connectivity index (χ4v) is 5.04. The number of hydrogen-bond acceptors (Lipinski definition) is 6. The number of sulfonamides is 1. The quantitative estimate of drug-likeness (QED) is 0.586. The molecule has 2 aromatic carbocycles. The molecule has 8 nitrogen and oxygen atoms in total. The van der Waals surface area contributed by atoms with E-state index in [9.17, 15) is 22.4 Å². The summed E-state index contributed by atoms with van der Waals surface area (Å²) < 4.78 is 51.5. The Morgan fingerprint density at radius 1 is 1.09 bits per heavy atom. The minimum atomic E-state index is -4.08. The number of esters is 1. The predicted octanol–water partition coefficient (Wildman–Crippen LogP) is 2.87. The van der Waals surface area contributed by atoms with E-state index in [1.165, 1.54) is 11.2 Å². The van der Waals surface area contributed by atoms with Crippen molar-refractivity contribution in [1.29, 1.82) is 0 Å². The molecule has 0 aromatic heterocycles. The van der Waals surface area contributed by atoms with Gasteiger partial charge < -0.3 is 14.8 Å². The minimum Gasteiger partial charge on any atom is -0.497 e. The van der Waals surface area contributed by atoms with Gasteiger partial charge in [0.2, 0.25) is 10.0 Å². The minimum absolute atomic E-state index is 0.151. The van der Waals surface area contributed by atoms with E-state index >= 15 is 0 Å². The monoisotopic (exact) mass is 478 g/mol. The molecule has 1 amide bonds. The Hall–Kier alpha value is -2.98. The molecule has 10 heteroatoms. The largest absolute Gasteiger partial charge is 0.497 e. The van der Waals surface area contributed by atoms with Crippen LogP contribution in [0.2, 0.25) is 0 Å². The van der Waals surface area contributed by atoms with Crippen molar-refractivity contribution < 1.29 is 31.9 Å². The molecule has 1 aliphatic rings. The molecular formula is C23H27FN2O6S. The molecule has 1 atom stereocenters. The molecule has 0 unspecified atom stereocenters. The lowest BCUT2D eigenvalue weighted by molar-refractivity contribution is -0.129. The van der Waals surface area contributed by atoms with E-state index in [4.69, 9.17) is 9.47 Å². The normalized spacial score (nSPS) is 15.5. The maximum atomic E-state index is 14.4. The summed E-state index contributed by atoms with van der Waals surface area (Å²) in [6.45, 7) is 2.24. The fourth-order valence-electron chi connectivity index (χ4n) is 3.43. The zero-order valence-electron chi connectivity index (χ0n) is 18.5. The van der Waals surface area contributed by atoms with E-state index in [0.29, 0.717) is 31.7 Å². The number of halogens is 1. The van der Waals surface area contributed by atoms with Crippen LogP contribution in [0.3, 0.4) is 0 Å². The van der Waals surface area contributed by atoms with Crippen LogP contribution in [0, 0.1) is 5.82 Å². The van der Waals surface area contributed by atoms with Gasteiger partial charge in [0.15, 0.2) is 6.10 Å². The van der Waals surface area contributed by atoms with Crippen molar-refractivity contribution in [2.75, 3.05) is 20.2 Å².